The number of nitrogens with zero attached hydrogens (tertiary/aromatic N) is 1. The van der Waals surface area contributed by atoms with Crippen LogP contribution in [0.4, 0.5) is 4.39 Å². The molecule has 0 amide bonds. The number of aryl methyl sites for hydroxylation is 3. The van der Waals surface area contributed by atoms with Crippen molar-refractivity contribution < 1.29 is 4.39 Å². The molecule has 4 heteroatoms. The van der Waals surface area contributed by atoms with Crippen LogP contribution in [0.3, 0.4) is 0 Å². The molecule has 1 unspecified atom stereocenters. The van der Waals surface area contributed by atoms with Crippen LogP contribution in [0, 0.1) is 26.6 Å². The van der Waals surface area contributed by atoms with Crippen LogP contribution in [0.5, 0.6) is 0 Å². The number of nitrogens with two attached hydrogens (primary N) is 1. The first-order valence-electron chi connectivity index (χ1n) is 6.18. The van der Waals surface area contributed by atoms with E-state index in [0.717, 1.165) is 22.5 Å². The van der Waals surface area contributed by atoms with Crippen molar-refractivity contribution in [2.24, 2.45) is 5.84 Å². The first-order chi connectivity index (χ1) is 9.01. The lowest BCUT2D eigenvalue weighted by atomic mass is 9.97. The van der Waals surface area contributed by atoms with Crippen molar-refractivity contribution in [2.45, 2.75) is 26.8 Å². The van der Waals surface area contributed by atoms with Gasteiger partial charge < -0.3 is 0 Å². The molecule has 2 aromatic rings. The van der Waals surface area contributed by atoms with Crippen LogP contribution >= 0.6 is 0 Å². The highest BCUT2D eigenvalue weighted by Crippen LogP contribution is 2.25. The van der Waals surface area contributed by atoms with Crippen molar-refractivity contribution in [1.29, 1.82) is 0 Å². The van der Waals surface area contributed by atoms with Gasteiger partial charge in [-0.2, -0.15) is 0 Å². The van der Waals surface area contributed by atoms with Gasteiger partial charge in [-0.25, -0.2) is 9.82 Å². The molecule has 0 spiro atoms. The molecule has 0 radical (unpaired) electrons. The Labute approximate surface area is 112 Å². The number of pyridine rings is 1. The summed E-state index contributed by atoms with van der Waals surface area (Å²) in [7, 11) is 0. The van der Waals surface area contributed by atoms with Gasteiger partial charge in [-0.05, 0) is 44.5 Å². The van der Waals surface area contributed by atoms with Gasteiger partial charge in [0.05, 0.1) is 6.04 Å². The van der Waals surface area contributed by atoms with Gasteiger partial charge in [0, 0.05) is 17.0 Å². The highest BCUT2D eigenvalue weighted by Gasteiger charge is 2.17. The van der Waals surface area contributed by atoms with Gasteiger partial charge in [-0.3, -0.25) is 10.8 Å². The zero-order valence-corrected chi connectivity index (χ0v) is 11.4. The lowest BCUT2D eigenvalue weighted by molar-refractivity contribution is 0.559. The van der Waals surface area contributed by atoms with Gasteiger partial charge in [-0.1, -0.05) is 17.7 Å². The molecule has 0 aliphatic heterocycles. The van der Waals surface area contributed by atoms with Crippen molar-refractivity contribution in [3.05, 3.63) is 64.2 Å². The summed E-state index contributed by atoms with van der Waals surface area (Å²) in [5.74, 6) is 5.36. The number of nitrogens with one attached hydrogen (secondary N) is 1. The van der Waals surface area contributed by atoms with Crippen LogP contribution in [0.2, 0.25) is 0 Å². The second-order valence-electron chi connectivity index (χ2n) is 4.81. The predicted molar refractivity (Wildman–Crippen MR) is 74.0 cm³/mol. The Bertz CT molecular complexity index is 576. The summed E-state index contributed by atoms with van der Waals surface area (Å²) in [6.07, 6.45) is 0. The van der Waals surface area contributed by atoms with Gasteiger partial charge in [0.15, 0.2) is 0 Å². The molecule has 1 atom stereocenters. The van der Waals surface area contributed by atoms with Crippen LogP contribution in [0.1, 0.15) is 34.1 Å². The van der Waals surface area contributed by atoms with E-state index in [0.29, 0.717) is 5.56 Å². The number of aromatic nitrogens is 1. The van der Waals surface area contributed by atoms with Crippen LogP contribution in [-0.4, -0.2) is 4.98 Å². The van der Waals surface area contributed by atoms with Crippen LogP contribution in [0.25, 0.3) is 0 Å². The molecule has 0 saturated heterocycles. The third kappa shape index (κ3) is 2.97. The third-order valence-electron chi connectivity index (χ3n) is 3.07. The molecule has 0 fully saturated rings. The standard InChI is InChI=1S/C15H18FN3/c1-9-4-5-14(16)13(6-9)15(19-17)12-7-10(2)18-11(3)8-12/h4-8,15,19H,17H2,1-3H3. The normalized spacial score (nSPS) is 12.5. The Morgan fingerprint density at radius 3 is 2.32 bits per heavy atom. The smallest absolute Gasteiger partial charge is 0.128 e. The average Bonchev–Trinajstić information content (AvgIpc) is 2.33. The molecule has 2 rings (SSSR count). The molecule has 3 nitrogen and oxygen atoms in total. The molecule has 3 N–H and O–H groups in total. The Hall–Kier alpha value is -1.78. The summed E-state index contributed by atoms with van der Waals surface area (Å²) in [6, 6.07) is 8.48. The molecule has 100 valence electrons. The minimum atomic E-state index is -0.375. The second-order valence-corrected chi connectivity index (χ2v) is 4.81. The highest BCUT2D eigenvalue weighted by molar-refractivity contribution is 5.36. The summed E-state index contributed by atoms with van der Waals surface area (Å²) in [4.78, 5) is 4.32. The molecule has 0 bridgehead atoms. The fourth-order valence-corrected chi connectivity index (χ4v) is 2.28. The fourth-order valence-electron chi connectivity index (χ4n) is 2.28. The molecule has 0 saturated carbocycles. The molecule has 1 aromatic carbocycles. The van der Waals surface area contributed by atoms with E-state index in [1.807, 2.05) is 39.0 Å². The Morgan fingerprint density at radius 1 is 1.11 bits per heavy atom. The summed E-state index contributed by atoms with van der Waals surface area (Å²) < 4.78 is 14.0. The maximum atomic E-state index is 14.0. The predicted octanol–water partition coefficient (Wildman–Crippen LogP) is 2.70. The second kappa shape index (κ2) is 5.47. The largest absolute Gasteiger partial charge is 0.271 e. The third-order valence-corrected chi connectivity index (χ3v) is 3.07. The van der Waals surface area contributed by atoms with Crippen LogP contribution in [0.15, 0.2) is 30.3 Å². The first-order valence-corrected chi connectivity index (χ1v) is 6.18. The lowest BCUT2D eigenvalue weighted by Crippen LogP contribution is -2.29. The topological polar surface area (TPSA) is 50.9 Å². The van der Waals surface area contributed by atoms with Gasteiger partial charge in [0.1, 0.15) is 5.82 Å². The van der Waals surface area contributed by atoms with E-state index in [9.17, 15) is 4.39 Å². The van der Waals surface area contributed by atoms with Crippen molar-refractivity contribution >= 4 is 0 Å². The zero-order valence-electron chi connectivity index (χ0n) is 11.4. The maximum Gasteiger partial charge on any atom is 0.128 e. The van der Waals surface area contributed by atoms with E-state index in [-0.39, 0.29) is 11.9 Å². The average molecular weight is 259 g/mol. The van der Waals surface area contributed by atoms with E-state index in [2.05, 4.69) is 10.4 Å². The molecule has 1 heterocycles. The number of benzene rings is 1. The minimum absolute atomic E-state index is 0.263. The first kappa shape index (κ1) is 13.6. The fraction of sp³-hybridized carbons (Fsp3) is 0.267. The summed E-state index contributed by atoms with van der Waals surface area (Å²) in [6.45, 7) is 5.76. The highest BCUT2D eigenvalue weighted by atomic mass is 19.1. The number of hydrogen-bond donors (Lipinski definition) is 2. The maximum absolute atomic E-state index is 14.0. The Kier molecular flexibility index (Phi) is 3.93. The van der Waals surface area contributed by atoms with Crippen molar-refractivity contribution in [1.82, 2.24) is 10.4 Å². The SMILES string of the molecule is Cc1ccc(F)c(C(NN)c2cc(C)nc(C)c2)c1. The molecular weight excluding hydrogens is 241 g/mol. The van der Waals surface area contributed by atoms with E-state index in [1.165, 1.54) is 6.07 Å². The van der Waals surface area contributed by atoms with Crippen molar-refractivity contribution in [2.75, 3.05) is 0 Å². The van der Waals surface area contributed by atoms with E-state index in [1.54, 1.807) is 6.07 Å². The van der Waals surface area contributed by atoms with Gasteiger partial charge in [0.2, 0.25) is 0 Å². The van der Waals surface area contributed by atoms with E-state index in [4.69, 9.17) is 5.84 Å². The van der Waals surface area contributed by atoms with Gasteiger partial charge >= 0.3 is 0 Å². The molecule has 0 aliphatic carbocycles. The lowest BCUT2D eigenvalue weighted by Gasteiger charge is -2.19. The zero-order chi connectivity index (χ0) is 14.0. The van der Waals surface area contributed by atoms with Crippen LogP contribution < -0.4 is 11.3 Å². The number of hydrazine groups is 1. The monoisotopic (exact) mass is 259 g/mol. The molecular formula is C15H18FN3. The van der Waals surface area contributed by atoms with E-state index >= 15 is 0 Å². The number of hydrogen-bond acceptors (Lipinski definition) is 3. The Morgan fingerprint density at radius 2 is 1.74 bits per heavy atom. The summed E-state index contributed by atoms with van der Waals surface area (Å²) >= 11 is 0. The molecule has 1 aromatic heterocycles. The van der Waals surface area contributed by atoms with Gasteiger partial charge in [0.25, 0.3) is 0 Å². The van der Waals surface area contributed by atoms with Crippen LogP contribution in [-0.2, 0) is 0 Å². The quantitative estimate of drug-likeness (QED) is 0.658. The summed E-state index contributed by atoms with van der Waals surface area (Å²) in [5.41, 5.74) is 6.93. The van der Waals surface area contributed by atoms with E-state index < -0.39 is 0 Å². The molecule has 19 heavy (non-hydrogen) atoms. The minimum Gasteiger partial charge on any atom is -0.271 e. The number of rotatable bonds is 3. The Balaban J connectivity index is 2.52. The van der Waals surface area contributed by atoms with Crippen molar-refractivity contribution in [3.8, 4) is 0 Å². The van der Waals surface area contributed by atoms with Gasteiger partial charge in [-0.15, -0.1) is 0 Å². The van der Waals surface area contributed by atoms with Crippen molar-refractivity contribution in [3.63, 3.8) is 0 Å². The number of halogens is 1. The molecule has 0 aliphatic rings. The summed E-state index contributed by atoms with van der Waals surface area (Å²) in [5, 5.41) is 0.